The van der Waals surface area contributed by atoms with Gasteiger partial charge in [0.1, 0.15) is 0 Å². The monoisotopic (exact) mass is 261 g/mol. The first-order valence-corrected chi connectivity index (χ1v) is 6.37. The summed E-state index contributed by atoms with van der Waals surface area (Å²) in [6.45, 7) is 2.19. The molecule has 4 N–H and O–H groups in total. The van der Waals surface area contributed by atoms with Crippen molar-refractivity contribution in [2.24, 2.45) is 11.1 Å². The normalized spacial score (nSPS) is 15.7. The zero-order valence-electron chi connectivity index (χ0n) is 11.2. The van der Waals surface area contributed by atoms with Crippen LogP contribution in [-0.4, -0.2) is 25.4 Å². The number of amides is 2. The van der Waals surface area contributed by atoms with Gasteiger partial charge in [0.25, 0.3) is 5.91 Å². The number of hydrogen-bond donors (Lipinski definition) is 3. The highest BCUT2D eigenvalue weighted by molar-refractivity contribution is 6.01. The molecule has 0 radical (unpaired) electrons. The largest absolute Gasteiger partial charge is 0.355 e. The number of carbonyl (C=O) groups excluding carboxylic acids is 2. The van der Waals surface area contributed by atoms with Crippen LogP contribution in [0.1, 0.15) is 28.8 Å². The molecule has 1 fully saturated rings. The van der Waals surface area contributed by atoms with Crippen LogP contribution in [0.2, 0.25) is 0 Å². The molecule has 1 aromatic rings. The maximum atomic E-state index is 12.1. The number of nitrogens with two attached hydrogens (primary N) is 1. The summed E-state index contributed by atoms with van der Waals surface area (Å²) < 4.78 is 0. The molecule has 1 saturated carbocycles. The predicted molar refractivity (Wildman–Crippen MR) is 73.9 cm³/mol. The van der Waals surface area contributed by atoms with Crippen molar-refractivity contribution in [2.45, 2.75) is 19.8 Å². The fraction of sp³-hybridized carbons (Fsp3) is 0.429. The molecule has 0 aliphatic heterocycles. The van der Waals surface area contributed by atoms with Crippen LogP contribution in [0.15, 0.2) is 18.2 Å². The van der Waals surface area contributed by atoms with E-state index in [0.717, 1.165) is 18.4 Å². The molecule has 1 aromatic carbocycles. The summed E-state index contributed by atoms with van der Waals surface area (Å²) in [6, 6.07) is 5.29. The smallest absolute Gasteiger partial charge is 0.251 e. The van der Waals surface area contributed by atoms with Gasteiger partial charge >= 0.3 is 0 Å². The number of rotatable bonds is 4. The van der Waals surface area contributed by atoms with Crippen LogP contribution in [0.3, 0.4) is 0 Å². The van der Waals surface area contributed by atoms with Crippen LogP contribution >= 0.6 is 0 Å². The van der Waals surface area contributed by atoms with Crippen LogP contribution < -0.4 is 16.4 Å². The molecule has 0 bridgehead atoms. The van der Waals surface area contributed by atoms with E-state index in [1.54, 1.807) is 25.2 Å². The zero-order valence-corrected chi connectivity index (χ0v) is 11.2. The van der Waals surface area contributed by atoms with E-state index < -0.39 is 5.41 Å². The third-order valence-corrected chi connectivity index (χ3v) is 3.78. The first-order chi connectivity index (χ1) is 9.04. The van der Waals surface area contributed by atoms with Gasteiger partial charge in [-0.15, -0.1) is 0 Å². The summed E-state index contributed by atoms with van der Waals surface area (Å²) >= 11 is 0. The van der Waals surface area contributed by atoms with E-state index >= 15 is 0 Å². The first-order valence-electron chi connectivity index (χ1n) is 6.37. The zero-order chi connectivity index (χ0) is 14.0. The van der Waals surface area contributed by atoms with E-state index in [-0.39, 0.29) is 11.8 Å². The van der Waals surface area contributed by atoms with Gasteiger partial charge in [0.05, 0.1) is 5.41 Å². The summed E-state index contributed by atoms with van der Waals surface area (Å²) in [7, 11) is 1.58. The summed E-state index contributed by atoms with van der Waals surface area (Å²) in [5, 5.41) is 5.47. The topological polar surface area (TPSA) is 84.2 Å². The molecule has 1 aliphatic rings. The lowest BCUT2D eigenvalue weighted by molar-refractivity contribution is -0.120. The van der Waals surface area contributed by atoms with Crippen LogP contribution in [-0.2, 0) is 4.79 Å². The maximum Gasteiger partial charge on any atom is 0.251 e. The molecule has 19 heavy (non-hydrogen) atoms. The van der Waals surface area contributed by atoms with Gasteiger partial charge in [0.15, 0.2) is 0 Å². The summed E-state index contributed by atoms with van der Waals surface area (Å²) in [4.78, 5) is 23.8. The highest BCUT2D eigenvalue weighted by Gasteiger charge is 2.48. The average Bonchev–Trinajstić information content (AvgIpc) is 3.21. The lowest BCUT2D eigenvalue weighted by Crippen LogP contribution is -2.31. The van der Waals surface area contributed by atoms with Gasteiger partial charge in [-0.05, 0) is 37.5 Å². The van der Waals surface area contributed by atoms with Crippen molar-refractivity contribution in [3.8, 4) is 0 Å². The molecule has 0 atom stereocenters. The van der Waals surface area contributed by atoms with Crippen molar-refractivity contribution in [2.75, 3.05) is 18.9 Å². The molecule has 5 heteroatoms. The Morgan fingerprint density at radius 2 is 2.05 bits per heavy atom. The fourth-order valence-electron chi connectivity index (χ4n) is 2.08. The van der Waals surface area contributed by atoms with Gasteiger partial charge in [-0.2, -0.15) is 0 Å². The van der Waals surface area contributed by atoms with E-state index in [1.807, 2.05) is 6.92 Å². The summed E-state index contributed by atoms with van der Waals surface area (Å²) in [5.41, 5.74) is 7.25. The van der Waals surface area contributed by atoms with Crippen molar-refractivity contribution in [3.05, 3.63) is 29.3 Å². The van der Waals surface area contributed by atoms with Crippen molar-refractivity contribution in [1.29, 1.82) is 0 Å². The minimum atomic E-state index is -0.393. The Kier molecular flexibility index (Phi) is 3.57. The van der Waals surface area contributed by atoms with Crippen molar-refractivity contribution >= 4 is 17.5 Å². The van der Waals surface area contributed by atoms with Crippen LogP contribution in [0.25, 0.3) is 0 Å². The van der Waals surface area contributed by atoms with Gasteiger partial charge in [-0.3, -0.25) is 9.59 Å². The van der Waals surface area contributed by atoms with Gasteiger partial charge in [-0.1, -0.05) is 6.07 Å². The molecule has 2 amide bonds. The van der Waals surface area contributed by atoms with Crippen LogP contribution in [0.5, 0.6) is 0 Å². The Morgan fingerprint density at radius 3 is 2.58 bits per heavy atom. The van der Waals surface area contributed by atoms with Crippen molar-refractivity contribution < 1.29 is 9.59 Å². The molecule has 0 heterocycles. The van der Waals surface area contributed by atoms with Crippen molar-refractivity contribution in [3.63, 3.8) is 0 Å². The third-order valence-electron chi connectivity index (χ3n) is 3.78. The molecule has 5 nitrogen and oxygen atoms in total. The SMILES string of the molecule is CNC(=O)c1cccc(NC(=O)C2(CN)CC2)c1C. The van der Waals surface area contributed by atoms with E-state index in [4.69, 9.17) is 5.73 Å². The van der Waals surface area contributed by atoms with Crippen molar-refractivity contribution in [1.82, 2.24) is 5.32 Å². The molecule has 0 unspecified atom stereocenters. The molecule has 0 aromatic heterocycles. The lowest BCUT2D eigenvalue weighted by Gasteiger charge is -2.15. The number of carbonyl (C=O) groups is 2. The minimum absolute atomic E-state index is 0.0489. The molecule has 1 aliphatic carbocycles. The van der Waals surface area contributed by atoms with E-state index in [0.29, 0.717) is 17.8 Å². The number of benzene rings is 1. The van der Waals surface area contributed by atoms with Crippen LogP contribution in [0.4, 0.5) is 5.69 Å². The number of anilines is 1. The van der Waals surface area contributed by atoms with E-state index in [1.165, 1.54) is 0 Å². The number of hydrogen-bond acceptors (Lipinski definition) is 3. The Hall–Kier alpha value is -1.88. The second-order valence-electron chi connectivity index (χ2n) is 5.00. The van der Waals surface area contributed by atoms with Gasteiger partial charge in [-0.25, -0.2) is 0 Å². The lowest BCUT2D eigenvalue weighted by atomic mass is 10.0. The second-order valence-corrected chi connectivity index (χ2v) is 5.00. The molecular weight excluding hydrogens is 242 g/mol. The minimum Gasteiger partial charge on any atom is -0.355 e. The second kappa shape index (κ2) is 5.01. The standard InChI is InChI=1S/C14H19N3O2/c1-9-10(12(18)16-2)4-3-5-11(9)17-13(19)14(8-15)6-7-14/h3-5H,6-8,15H2,1-2H3,(H,16,18)(H,17,19). The number of nitrogens with one attached hydrogen (secondary N) is 2. The van der Waals surface area contributed by atoms with Gasteiger partial charge in [0.2, 0.25) is 5.91 Å². The van der Waals surface area contributed by atoms with E-state index in [9.17, 15) is 9.59 Å². The van der Waals surface area contributed by atoms with E-state index in [2.05, 4.69) is 10.6 Å². The average molecular weight is 261 g/mol. The quantitative estimate of drug-likeness (QED) is 0.757. The highest BCUT2D eigenvalue weighted by atomic mass is 16.2. The Morgan fingerprint density at radius 1 is 1.37 bits per heavy atom. The fourth-order valence-corrected chi connectivity index (χ4v) is 2.08. The molecule has 102 valence electrons. The highest BCUT2D eigenvalue weighted by Crippen LogP contribution is 2.45. The predicted octanol–water partition coefficient (Wildman–Crippen LogP) is 1.03. The summed E-state index contributed by atoms with van der Waals surface area (Å²) in [5.74, 6) is -0.208. The van der Waals surface area contributed by atoms with Gasteiger partial charge in [0, 0.05) is 24.8 Å². The molecule has 2 rings (SSSR count). The van der Waals surface area contributed by atoms with Crippen LogP contribution in [0, 0.1) is 12.3 Å². The third kappa shape index (κ3) is 2.46. The molecule has 0 spiro atoms. The Bertz CT molecular complexity index is 521. The molecular formula is C14H19N3O2. The molecule has 0 saturated heterocycles. The first kappa shape index (κ1) is 13.5. The Labute approximate surface area is 112 Å². The summed E-state index contributed by atoms with van der Waals surface area (Å²) in [6.07, 6.45) is 1.67. The maximum absolute atomic E-state index is 12.1. The van der Waals surface area contributed by atoms with Gasteiger partial charge < -0.3 is 16.4 Å². The Balaban J connectivity index is 2.22.